The maximum Gasteiger partial charge on any atom is 0.337 e. The predicted molar refractivity (Wildman–Crippen MR) is 63.3 cm³/mol. The summed E-state index contributed by atoms with van der Waals surface area (Å²) < 4.78 is 17.0. The SMILES string of the molecule is CC.CCc1cc(CF)cc(C(=O)OC)c1. The molecule has 0 aliphatic heterocycles. The minimum Gasteiger partial charge on any atom is -0.465 e. The second kappa shape index (κ2) is 7.85. The fourth-order valence-corrected chi connectivity index (χ4v) is 1.28. The summed E-state index contributed by atoms with van der Waals surface area (Å²) in [5.41, 5.74) is 1.88. The molecule has 0 atom stereocenters. The number of methoxy groups -OCH3 is 1. The van der Waals surface area contributed by atoms with Crippen LogP contribution in [0, 0.1) is 0 Å². The quantitative estimate of drug-likeness (QED) is 0.737. The third kappa shape index (κ3) is 4.01. The van der Waals surface area contributed by atoms with Crippen LogP contribution < -0.4 is 0 Å². The van der Waals surface area contributed by atoms with Crippen LogP contribution in [0.2, 0.25) is 0 Å². The predicted octanol–water partition coefficient (Wildman–Crippen LogP) is 3.53. The van der Waals surface area contributed by atoms with Gasteiger partial charge in [0.2, 0.25) is 0 Å². The van der Waals surface area contributed by atoms with Gasteiger partial charge in [-0.2, -0.15) is 0 Å². The normalized spacial score (nSPS) is 9.06. The Morgan fingerprint density at radius 2 is 1.81 bits per heavy atom. The van der Waals surface area contributed by atoms with E-state index in [1.807, 2.05) is 20.8 Å². The Balaban J connectivity index is 0.00000106. The molecule has 0 N–H and O–H groups in total. The molecule has 0 heterocycles. The fourth-order valence-electron chi connectivity index (χ4n) is 1.28. The van der Waals surface area contributed by atoms with E-state index in [2.05, 4.69) is 4.74 Å². The number of aryl methyl sites for hydroxylation is 1. The van der Waals surface area contributed by atoms with Crippen molar-refractivity contribution in [2.45, 2.75) is 33.9 Å². The van der Waals surface area contributed by atoms with Gasteiger partial charge in [-0.1, -0.05) is 26.8 Å². The van der Waals surface area contributed by atoms with Crippen molar-refractivity contribution in [3.63, 3.8) is 0 Å². The van der Waals surface area contributed by atoms with Gasteiger partial charge in [-0.05, 0) is 29.7 Å². The molecule has 0 saturated carbocycles. The lowest BCUT2D eigenvalue weighted by atomic mass is 10.0. The Kier molecular flexibility index (Phi) is 7.18. The summed E-state index contributed by atoms with van der Waals surface area (Å²) in [6.07, 6.45) is 0.776. The van der Waals surface area contributed by atoms with E-state index in [9.17, 15) is 9.18 Å². The number of benzene rings is 1. The van der Waals surface area contributed by atoms with Crippen LogP contribution in [0.1, 0.15) is 42.3 Å². The van der Waals surface area contributed by atoms with Crippen molar-refractivity contribution in [3.05, 3.63) is 34.9 Å². The van der Waals surface area contributed by atoms with E-state index < -0.39 is 12.6 Å². The summed E-state index contributed by atoms with van der Waals surface area (Å²) >= 11 is 0. The first-order valence-corrected chi connectivity index (χ1v) is 5.48. The second-order valence-electron chi connectivity index (χ2n) is 3.02. The zero-order valence-electron chi connectivity index (χ0n) is 10.3. The molecule has 0 fully saturated rings. The molecule has 0 aliphatic carbocycles. The van der Waals surface area contributed by atoms with Crippen molar-refractivity contribution < 1.29 is 13.9 Å². The van der Waals surface area contributed by atoms with Gasteiger partial charge in [0.1, 0.15) is 6.67 Å². The van der Waals surface area contributed by atoms with Crippen LogP contribution >= 0.6 is 0 Å². The highest BCUT2D eigenvalue weighted by molar-refractivity contribution is 5.89. The van der Waals surface area contributed by atoms with Crippen molar-refractivity contribution >= 4 is 5.97 Å². The molecule has 90 valence electrons. The standard InChI is InChI=1S/C11H13FO2.C2H6/c1-3-8-4-9(7-12)6-10(5-8)11(13)14-2;1-2/h4-6H,3,7H2,1-2H3;1-2H3. The van der Waals surface area contributed by atoms with E-state index >= 15 is 0 Å². The summed E-state index contributed by atoms with van der Waals surface area (Å²) in [4.78, 5) is 11.2. The van der Waals surface area contributed by atoms with Gasteiger partial charge in [0, 0.05) is 0 Å². The molecule has 0 unspecified atom stereocenters. The van der Waals surface area contributed by atoms with Crippen molar-refractivity contribution in [2.75, 3.05) is 7.11 Å². The summed E-state index contributed by atoms with van der Waals surface area (Å²) in [7, 11) is 1.32. The fraction of sp³-hybridized carbons (Fsp3) is 0.462. The number of hydrogen-bond acceptors (Lipinski definition) is 2. The highest BCUT2D eigenvalue weighted by atomic mass is 19.1. The lowest BCUT2D eigenvalue weighted by Crippen LogP contribution is -2.03. The molecule has 0 spiro atoms. The molecule has 0 saturated heterocycles. The van der Waals surface area contributed by atoms with Gasteiger partial charge in [0.05, 0.1) is 12.7 Å². The van der Waals surface area contributed by atoms with E-state index in [0.29, 0.717) is 11.1 Å². The van der Waals surface area contributed by atoms with Gasteiger partial charge >= 0.3 is 5.97 Å². The van der Waals surface area contributed by atoms with Crippen molar-refractivity contribution in [3.8, 4) is 0 Å². The summed E-state index contributed by atoms with van der Waals surface area (Å²) in [5.74, 6) is -0.421. The molecule has 3 heteroatoms. The molecule has 16 heavy (non-hydrogen) atoms. The van der Waals surface area contributed by atoms with Crippen molar-refractivity contribution in [2.24, 2.45) is 0 Å². The number of ether oxygens (including phenoxy) is 1. The number of carbonyl (C=O) groups is 1. The molecule has 2 nitrogen and oxygen atoms in total. The lowest BCUT2D eigenvalue weighted by Gasteiger charge is -2.04. The molecule has 1 aromatic carbocycles. The van der Waals surface area contributed by atoms with Gasteiger partial charge in [-0.15, -0.1) is 0 Å². The van der Waals surface area contributed by atoms with Crippen molar-refractivity contribution in [1.82, 2.24) is 0 Å². The third-order valence-corrected chi connectivity index (χ3v) is 2.04. The number of rotatable bonds is 3. The van der Waals surface area contributed by atoms with E-state index in [1.54, 1.807) is 12.1 Å². The van der Waals surface area contributed by atoms with Gasteiger partial charge in [0.25, 0.3) is 0 Å². The molecule has 0 amide bonds. The smallest absolute Gasteiger partial charge is 0.337 e. The van der Waals surface area contributed by atoms with Crippen LogP contribution in [0.4, 0.5) is 4.39 Å². The first-order valence-electron chi connectivity index (χ1n) is 5.48. The van der Waals surface area contributed by atoms with Gasteiger partial charge in [-0.25, -0.2) is 9.18 Å². The van der Waals surface area contributed by atoms with E-state index in [0.717, 1.165) is 12.0 Å². The Hall–Kier alpha value is -1.38. The van der Waals surface area contributed by atoms with Crippen molar-refractivity contribution in [1.29, 1.82) is 0 Å². The molecular weight excluding hydrogens is 207 g/mol. The minimum atomic E-state index is -0.558. The zero-order valence-corrected chi connectivity index (χ0v) is 10.3. The summed E-state index contributed by atoms with van der Waals surface area (Å²) in [6.45, 7) is 5.40. The van der Waals surface area contributed by atoms with Crippen LogP contribution in [0.15, 0.2) is 18.2 Å². The Morgan fingerprint density at radius 3 is 2.25 bits per heavy atom. The summed E-state index contributed by atoms with van der Waals surface area (Å²) in [5, 5.41) is 0. The topological polar surface area (TPSA) is 26.3 Å². The maximum atomic E-state index is 12.4. The highest BCUT2D eigenvalue weighted by Crippen LogP contribution is 2.13. The van der Waals surface area contributed by atoms with E-state index in [-0.39, 0.29) is 0 Å². The van der Waals surface area contributed by atoms with Crippen LogP contribution in [-0.2, 0) is 17.8 Å². The molecule has 0 radical (unpaired) electrons. The van der Waals surface area contributed by atoms with E-state index in [1.165, 1.54) is 13.2 Å². The lowest BCUT2D eigenvalue weighted by molar-refractivity contribution is 0.0600. The minimum absolute atomic E-state index is 0.416. The molecule has 0 bridgehead atoms. The van der Waals surface area contributed by atoms with Crippen LogP contribution in [0.5, 0.6) is 0 Å². The van der Waals surface area contributed by atoms with Gasteiger partial charge < -0.3 is 4.74 Å². The third-order valence-electron chi connectivity index (χ3n) is 2.04. The monoisotopic (exact) mass is 226 g/mol. The number of carbonyl (C=O) groups excluding carboxylic acids is 1. The van der Waals surface area contributed by atoms with Crippen LogP contribution in [0.3, 0.4) is 0 Å². The molecule has 1 aromatic rings. The number of alkyl halides is 1. The molecular formula is C13H19FO2. The average molecular weight is 226 g/mol. The number of halogens is 1. The largest absolute Gasteiger partial charge is 0.465 e. The van der Waals surface area contributed by atoms with Gasteiger partial charge in [-0.3, -0.25) is 0 Å². The Morgan fingerprint density at radius 1 is 1.25 bits per heavy atom. The second-order valence-corrected chi connectivity index (χ2v) is 3.02. The first-order chi connectivity index (χ1) is 7.71. The highest BCUT2D eigenvalue weighted by Gasteiger charge is 2.07. The number of esters is 1. The Labute approximate surface area is 96.4 Å². The van der Waals surface area contributed by atoms with Crippen LogP contribution in [0.25, 0.3) is 0 Å². The molecule has 0 aromatic heterocycles. The Bertz CT molecular complexity index is 312. The first kappa shape index (κ1) is 14.6. The summed E-state index contributed by atoms with van der Waals surface area (Å²) in [6, 6.07) is 5.00. The zero-order chi connectivity index (χ0) is 12.6. The van der Waals surface area contributed by atoms with E-state index in [4.69, 9.17) is 0 Å². The molecule has 0 aliphatic rings. The van der Waals surface area contributed by atoms with Gasteiger partial charge in [0.15, 0.2) is 0 Å². The maximum absolute atomic E-state index is 12.4. The van der Waals surface area contributed by atoms with Crippen LogP contribution in [-0.4, -0.2) is 13.1 Å². The average Bonchev–Trinajstić information content (AvgIpc) is 2.39. The number of hydrogen-bond donors (Lipinski definition) is 0. The molecule has 1 rings (SSSR count).